The van der Waals surface area contributed by atoms with Crippen LogP contribution in [0.25, 0.3) is 10.2 Å². The number of thiazole rings is 1. The normalized spacial score (nSPS) is 17.4. The summed E-state index contributed by atoms with van der Waals surface area (Å²) in [6.45, 7) is 3.86. The van der Waals surface area contributed by atoms with Gasteiger partial charge >= 0.3 is 0 Å². The topological polar surface area (TPSA) is 89.6 Å². The summed E-state index contributed by atoms with van der Waals surface area (Å²) in [5, 5.41) is 4.33. The van der Waals surface area contributed by atoms with E-state index in [0.717, 1.165) is 33.9 Å². The van der Waals surface area contributed by atoms with Crippen molar-refractivity contribution in [2.45, 2.75) is 31.6 Å². The molecule has 3 heterocycles. The third-order valence-electron chi connectivity index (χ3n) is 4.39. The molecule has 0 aromatic carbocycles. The molecule has 1 unspecified atom stereocenters. The van der Waals surface area contributed by atoms with Crippen LogP contribution in [-0.4, -0.2) is 19.9 Å². The Bertz CT molecular complexity index is 973. The fourth-order valence-electron chi connectivity index (χ4n) is 3.17. The van der Waals surface area contributed by atoms with Gasteiger partial charge in [-0.1, -0.05) is 13.0 Å². The number of aromatic nitrogens is 4. The lowest BCUT2D eigenvalue weighted by atomic mass is 9.85. The van der Waals surface area contributed by atoms with E-state index in [9.17, 15) is 0 Å². The Hall–Kier alpha value is -2.76. The van der Waals surface area contributed by atoms with E-state index in [-0.39, 0.29) is 0 Å². The van der Waals surface area contributed by atoms with Gasteiger partial charge in [0.25, 0.3) is 0 Å². The molecule has 1 fully saturated rings. The average molecular weight is 350 g/mol. The van der Waals surface area contributed by atoms with Crippen LogP contribution < -0.4 is 11.1 Å². The highest BCUT2D eigenvalue weighted by Gasteiger charge is 2.24. The summed E-state index contributed by atoms with van der Waals surface area (Å²) in [5.41, 5.74) is 11.1. The zero-order valence-corrected chi connectivity index (χ0v) is 14.5. The Morgan fingerprint density at radius 1 is 1.28 bits per heavy atom. The van der Waals surface area contributed by atoms with Crippen LogP contribution in [-0.2, 0) is 0 Å². The Morgan fingerprint density at radius 3 is 3.04 bits per heavy atom. The van der Waals surface area contributed by atoms with Crippen molar-refractivity contribution in [1.82, 2.24) is 19.9 Å². The molecule has 1 aliphatic rings. The van der Waals surface area contributed by atoms with Gasteiger partial charge in [0.2, 0.25) is 0 Å². The smallest absolute Gasteiger partial charge is 0.151 e. The molecule has 0 saturated heterocycles. The number of pyridine rings is 1. The number of nitrogens with zero attached hydrogens (tertiary/aromatic N) is 4. The van der Waals surface area contributed by atoms with Crippen LogP contribution >= 0.6 is 11.3 Å². The number of anilines is 3. The van der Waals surface area contributed by atoms with Crippen molar-refractivity contribution in [2.75, 3.05) is 11.1 Å². The first-order valence-electron chi connectivity index (χ1n) is 8.23. The summed E-state index contributed by atoms with van der Waals surface area (Å²) in [4.78, 5) is 17.4. The van der Waals surface area contributed by atoms with E-state index in [1.165, 1.54) is 24.7 Å². The lowest BCUT2D eigenvalue weighted by molar-refractivity contribution is 0.541. The number of nitrogens with two attached hydrogens (primary N) is 1. The third kappa shape index (κ3) is 3.12. The summed E-state index contributed by atoms with van der Waals surface area (Å²) in [6, 6.07) is 3.62. The van der Waals surface area contributed by atoms with Crippen molar-refractivity contribution in [3.8, 4) is 0 Å². The monoisotopic (exact) mass is 350 g/mol. The highest BCUT2D eigenvalue weighted by Crippen LogP contribution is 2.41. The number of hydrogen-bond acceptors (Lipinski definition) is 7. The van der Waals surface area contributed by atoms with Gasteiger partial charge in [0.05, 0.1) is 10.2 Å². The number of allylic oxidation sites excluding steroid dienone is 1. The van der Waals surface area contributed by atoms with Gasteiger partial charge in [-0.15, -0.1) is 17.1 Å². The molecule has 6 nitrogen and oxygen atoms in total. The number of nitrogen functional groups attached to an aromatic ring is 1. The molecule has 3 aromatic heterocycles. The summed E-state index contributed by atoms with van der Waals surface area (Å²) in [5.74, 6) is 2.09. The summed E-state index contributed by atoms with van der Waals surface area (Å²) in [7, 11) is 0. The Balaban J connectivity index is 1.72. The SMILES string of the molecule is C=C=C1CCCCC1c1nc2ccnc(Nc3cc(N)ncn3)c2s1. The van der Waals surface area contributed by atoms with E-state index in [4.69, 9.17) is 10.7 Å². The van der Waals surface area contributed by atoms with Crippen LogP contribution in [0.4, 0.5) is 17.5 Å². The van der Waals surface area contributed by atoms with Gasteiger partial charge in [0.1, 0.15) is 23.0 Å². The first-order chi connectivity index (χ1) is 12.2. The van der Waals surface area contributed by atoms with Gasteiger partial charge in [0, 0.05) is 18.2 Å². The van der Waals surface area contributed by atoms with Crippen molar-refractivity contribution in [3.63, 3.8) is 0 Å². The zero-order valence-electron chi connectivity index (χ0n) is 13.7. The second kappa shape index (κ2) is 6.63. The maximum absolute atomic E-state index is 5.72. The molecule has 1 saturated carbocycles. The second-order valence-electron chi connectivity index (χ2n) is 6.01. The van der Waals surface area contributed by atoms with Crippen molar-refractivity contribution in [2.24, 2.45) is 0 Å². The number of rotatable bonds is 3. The average Bonchev–Trinajstić information content (AvgIpc) is 3.07. The van der Waals surface area contributed by atoms with Crippen molar-refractivity contribution in [3.05, 3.63) is 47.5 Å². The molecule has 7 heteroatoms. The van der Waals surface area contributed by atoms with Gasteiger partial charge in [-0.05, 0) is 30.9 Å². The molecule has 25 heavy (non-hydrogen) atoms. The van der Waals surface area contributed by atoms with Gasteiger partial charge < -0.3 is 11.1 Å². The maximum atomic E-state index is 5.72. The van der Waals surface area contributed by atoms with Gasteiger partial charge in [-0.3, -0.25) is 0 Å². The molecule has 0 radical (unpaired) electrons. The summed E-state index contributed by atoms with van der Waals surface area (Å²) >= 11 is 1.67. The highest BCUT2D eigenvalue weighted by molar-refractivity contribution is 7.19. The van der Waals surface area contributed by atoms with Gasteiger partial charge in [-0.2, -0.15) is 0 Å². The molecule has 0 spiro atoms. The van der Waals surface area contributed by atoms with Crippen LogP contribution in [0.15, 0.2) is 42.5 Å². The van der Waals surface area contributed by atoms with Crippen LogP contribution in [0.5, 0.6) is 0 Å². The fraction of sp³-hybridized carbons (Fsp3) is 0.278. The number of nitrogens with one attached hydrogen (secondary N) is 1. The number of fused-ring (bicyclic) bond motifs is 1. The molecular formula is C18H18N6S. The molecular weight excluding hydrogens is 332 g/mol. The molecule has 1 aliphatic carbocycles. The van der Waals surface area contributed by atoms with E-state index in [1.54, 1.807) is 23.6 Å². The van der Waals surface area contributed by atoms with Gasteiger partial charge in [-0.25, -0.2) is 19.9 Å². The van der Waals surface area contributed by atoms with E-state index in [1.807, 2.05) is 6.07 Å². The van der Waals surface area contributed by atoms with Crippen molar-refractivity contribution < 1.29 is 0 Å². The van der Waals surface area contributed by atoms with E-state index in [0.29, 0.717) is 17.6 Å². The molecule has 3 aromatic rings. The Kier molecular flexibility index (Phi) is 4.17. The van der Waals surface area contributed by atoms with Crippen LogP contribution in [0, 0.1) is 0 Å². The first-order valence-corrected chi connectivity index (χ1v) is 9.05. The molecule has 126 valence electrons. The minimum Gasteiger partial charge on any atom is -0.384 e. The van der Waals surface area contributed by atoms with Gasteiger partial charge in [0.15, 0.2) is 5.82 Å². The third-order valence-corrected chi connectivity index (χ3v) is 5.58. The van der Waals surface area contributed by atoms with Crippen LogP contribution in [0.3, 0.4) is 0 Å². The summed E-state index contributed by atoms with van der Waals surface area (Å²) < 4.78 is 1.02. The molecule has 0 amide bonds. The number of hydrogen-bond donors (Lipinski definition) is 2. The second-order valence-corrected chi connectivity index (χ2v) is 7.04. The lowest BCUT2D eigenvalue weighted by Gasteiger charge is -2.21. The van der Waals surface area contributed by atoms with E-state index < -0.39 is 0 Å². The molecule has 3 N–H and O–H groups in total. The van der Waals surface area contributed by atoms with E-state index >= 15 is 0 Å². The molecule has 1 atom stereocenters. The lowest BCUT2D eigenvalue weighted by Crippen LogP contribution is -2.07. The van der Waals surface area contributed by atoms with E-state index in [2.05, 4.69) is 32.6 Å². The minimum absolute atomic E-state index is 0.325. The predicted molar refractivity (Wildman–Crippen MR) is 101 cm³/mol. The zero-order chi connectivity index (χ0) is 17.2. The molecule has 0 bridgehead atoms. The first kappa shape index (κ1) is 15.7. The standard InChI is InChI=1S/C18H18N6S/c1-2-11-5-3-4-6-12(11)18-23-13-7-8-20-17(16(13)25-18)24-15-9-14(19)21-10-22-15/h7-10,12H,1,3-6H2,(H3,19,20,21,22,24). The minimum atomic E-state index is 0.325. The van der Waals surface area contributed by atoms with Crippen molar-refractivity contribution in [1.29, 1.82) is 0 Å². The van der Waals surface area contributed by atoms with Crippen LogP contribution in [0.2, 0.25) is 0 Å². The molecule has 0 aliphatic heterocycles. The molecule has 4 rings (SSSR count). The van der Waals surface area contributed by atoms with Crippen LogP contribution in [0.1, 0.15) is 36.6 Å². The fourth-order valence-corrected chi connectivity index (χ4v) is 4.34. The Morgan fingerprint density at radius 2 is 2.20 bits per heavy atom. The highest BCUT2D eigenvalue weighted by atomic mass is 32.1. The summed E-state index contributed by atoms with van der Waals surface area (Å²) in [6.07, 6.45) is 7.78. The maximum Gasteiger partial charge on any atom is 0.151 e. The predicted octanol–water partition coefficient (Wildman–Crippen LogP) is 4.18. The quantitative estimate of drug-likeness (QED) is 0.689. The Labute approximate surface area is 149 Å². The largest absolute Gasteiger partial charge is 0.384 e. The van der Waals surface area contributed by atoms with Crippen molar-refractivity contribution >= 4 is 39.0 Å².